The smallest absolute Gasteiger partial charge is 0.0802 e. The molecule has 1 aliphatic rings. The van der Waals surface area contributed by atoms with Crippen LogP contribution in [0.1, 0.15) is 24.5 Å². The van der Waals surface area contributed by atoms with Crippen molar-refractivity contribution < 1.29 is 10.2 Å². The van der Waals surface area contributed by atoms with Gasteiger partial charge < -0.3 is 15.1 Å². The fraction of sp³-hybridized carbons (Fsp3) is 0.571. The summed E-state index contributed by atoms with van der Waals surface area (Å²) in [7, 11) is 0. The summed E-state index contributed by atoms with van der Waals surface area (Å²) < 4.78 is 0. The quantitative estimate of drug-likeness (QED) is 0.860. The normalized spacial score (nSPS) is 22.3. The van der Waals surface area contributed by atoms with Gasteiger partial charge in [0, 0.05) is 24.7 Å². The molecule has 1 saturated heterocycles. The van der Waals surface area contributed by atoms with Crippen molar-refractivity contribution in [3.8, 4) is 0 Å². The van der Waals surface area contributed by atoms with E-state index in [1.54, 1.807) is 12.1 Å². The van der Waals surface area contributed by atoms with Crippen molar-refractivity contribution >= 4 is 11.6 Å². The Bertz CT molecular complexity index is 369. The molecule has 0 spiro atoms. The Morgan fingerprint density at radius 3 is 2.67 bits per heavy atom. The molecule has 1 fully saturated rings. The first kappa shape index (κ1) is 13.8. The second kappa shape index (κ2) is 6.53. The third kappa shape index (κ3) is 3.69. The first-order valence-corrected chi connectivity index (χ1v) is 6.83. The number of aliphatic hydroxyl groups excluding tert-OH is 2. The summed E-state index contributed by atoms with van der Waals surface area (Å²) in [6.45, 7) is 3.12. The highest BCUT2D eigenvalue weighted by molar-refractivity contribution is 6.30. The molecular weight excluding hydrogens is 250 g/mol. The predicted molar refractivity (Wildman–Crippen MR) is 72.7 cm³/mol. The van der Waals surface area contributed by atoms with E-state index >= 15 is 0 Å². The maximum atomic E-state index is 10.1. The molecule has 1 aliphatic heterocycles. The van der Waals surface area contributed by atoms with Gasteiger partial charge in [-0.15, -0.1) is 0 Å². The van der Waals surface area contributed by atoms with E-state index in [1.807, 2.05) is 12.1 Å². The molecule has 3 nitrogen and oxygen atoms in total. The van der Waals surface area contributed by atoms with Crippen molar-refractivity contribution in [1.29, 1.82) is 0 Å². The van der Waals surface area contributed by atoms with Crippen LogP contribution in [-0.2, 0) is 0 Å². The van der Waals surface area contributed by atoms with Crippen LogP contribution >= 0.6 is 11.6 Å². The van der Waals surface area contributed by atoms with Crippen LogP contribution in [0, 0.1) is 5.92 Å². The first-order valence-electron chi connectivity index (χ1n) is 6.46. The molecular formula is C14H20ClNO2. The minimum absolute atomic E-state index is 0.274. The molecule has 0 aromatic heterocycles. The average molecular weight is 270 g/mol. The Hall–Kier alpha value is -0.610. The van der Waals surface area contributed by atoms with E-state index in [-0.39, 0.29) is 6.61 Å². The molecule has 1 heterocycles. The number of hydrogen-bond donors (Lipinski definition) is 2. The highest BCUT2D eigenvalue weighted by atomic mass is 35.5. The van der Waals surface area contributed by atoms with E-state index in [0.717, 1.165) is 38.0 Å². The Morgan fingerprint density at radius 2 is 2.06 bits per heavy atom. The predicted octanol–water partition coefficient (Wildman–Crippen LogP) is 2.08. The number of nitrogens with zero attached hydrogens (tertiary/aromatic N) is 1. The Morgan fingerprint density at radius 1 is 1.33 bits per heavy atom. The first-order chi connectivity index (χ1) is 8.69. The van der Waals surface area contributed by atoms with Crippen LogP contribution < -0.4 is 0 Å². The van der Waals surface area contributed by atoms with Crippen LogP contribution in [0.25, 0.3) is 0 Å². The third-order valence-electron chi connectivity index (χ3n) is 3.60. The SMILES string of the molecule is OCC1CCN(CCC(O)c2ccc(Cl)cc2)C1. The van der Waals surface area contributed by atoms with Crippen molar-refractivity contribution in [3.63, 3.8) is 0 Å². The van der Waals surface area contributed by atoms with E-state index in [0.29, 0.717) is 10.9 Å². The molecule has 2 atom stereocenters. The van der Waals surface area contributed by atoms with Gasteiger partial charge in [-0.2, -0.15) is 0 Å². The molecule has 0 saturated carbocycles. The molecule has 0 bridgehead atoms. The zero-order chi connectivity index (χ0) is 13.0. The molecule has 0 aliphatic carbocycles. The summed E-state index contributed by atoms with van der Waals surface area (Å²) in [5.74, 6) is 0.415. The van der Waals surface area contributed by atoms with E-state index < -0.39 is 6.10 Å². The summed E-state index contributed by atoms with van der Waals surface area (Å²) in [6, 6.07) is 7.34. The zero-order valence-electron chi connectivity index (χ0n) is 10.4. The number of halogens is 1. The zero-order valence-corrected chi connectivity index (χ0v) is 11.2. The second-order valence-corrected chi connectivity index (χ2v) is 5.43. The second-order valence-electron chi connectivity index (χ2n) is 4.99. The van der Waals surface area contributed by atoms with Crippen LogP contribution in [0.2, 0.25) is 5.02 Å². The van der Waals surface area contributed by atoms with Gasteiger partial charge in [-0.05, 0) is 43.0 Å². The lowest BCUT2D eigenvalue weighted by Gasteiger charge is -2.18. The molecule has 4 heteroatoms. The average Bonchev–Trinajstić information content (AvgIpc) is 2.85. The van der Waals surface area contributed by atoms with Gasteiger partial charge in [0.15, 0.2) is 0 Å². The van der Waals surface area contributed by atoms with Gasteiger partial charge in [0.05, 0.1) is 6.10 Å². The highest BCUT2D eigenvalue weighted by Gasteiger charge is 2.22. The van der Waals surface area contributed by atoms with Crippen molar-refractivity contribution in [3.05, 3.63) is 34.9 Å². The molecule has 18 heavy (non-hydrogen) atoms. The fourth-order valence-corrected chi connectivity index (χ4v) is 2.55. The third-order valence-corrected chi connectivity index (χ3v) is 3.85. The number of likely N-dealkylation sites (tertiary alicyclic amines) is 1. The lowest BCUT2D eigenvalue weighted by atomic mass is 10.1. The van der Waals surface area contributed by atoms with E-state index in [2.05, 4.69) is 4.90 Å². The molecule has 1 aromatic rings. The lowest BCUT2D eigenvalue weighted by Crippen LogP contribution is -2.24. The van der Waals surface area contributed by atoms with Gasteiger partial charge in [-0.25, -0.2) is 0 Å². The topological polar surface area (TPSA) is 43.7 Å². The van der Waals surface area contributed by atoms with Crippen LogP contribution in [0.15, 0.2) is 24.3 Å². The largest absolute Gasteiger partial charge is 0.396 e. The van der Waals surface area contributed by atoms with Crippen molar-refractivity contribution in [2.75, 3.05) is 26.2 Å². The summed E-state index contributed by atoms with van der Waals surface area (Å²) in [6.07, 6.45) is 1.35. The molecule has 2 N–H and O–H groups in total. The number of benzene rings is 1. The maximum Gasteiger partial charge on any atom is 0.0802 e. The highest BCUT2D eigenvalue weighted by Crippen LogP contribution is 2.21. The van der Waals surface area contributed by atoms with Crippen LogP contribution in [0.4, 0.5) is 0 Å². The van der Waals surface area contributed by atoms with Gasteiger partial charge in [0.1, 0.15) is 0 Å². The Labute approximate surface area is 113 Å². The van der Waals surface area contributed by atoms with Crippen molar-refractivity contribution in [2.45, 2.75) is 18.9 Å². The number of hydrogen-bond acceptors (Lipinski definition) is 3. The summed E-state index contributed by atoms with van der Waals surface area (Å²) >= 11 is 5.82. The van der Waals surface area contributed by atoms with Gasteiger partial charge in [0.2, 0.25) is 0 Å². The molecule has 100 valence electrons. The summed E-state index contributed by atoms with van der Waals surface area (Å²) in [5.41, 5.74) is 0.914. The van der Waals surface area contributed by atoms with E-state index in [4.69, 9.17) is 16.7 Å². The Kier molecular flexibility index (Phi) is 5.01. The van der Waals surface area contributed by atoms with Crippen LogP contribution in [0.5, 0.6) is 0 Å². The van der Waals surface area contributed by atoms with Gasteiger partial charge in [0.25, 0.3) is 0 Å². The van der Waals surface area contributed by atoms with Gasteiger partial charge >= 0.3 is 0 Å². The molecule has 2 unspecified atom stereocenters. The molecule has 1 aromatic carbocycles. The molecule has 0 amide bonds. The number of rotatable bonds is 5. The van der Waals surface area contributed by atoms with E-state index in [9.17, 15) is 5.11 Å². The molecule has 0 radical (unpaired) electrons. The molecule has 2 rings (SSSR count). The minimum atomic E-state index is -0.435. The lowest BCUT2D eigenvalue weighted by molar-refractivity contribution is 0.146. The van der Waals surface area contributed by atoms with Gasteiger partial charge in [-0.1, -0.05) is 23.7 Å². The Balaban J connectivity index is 1.78. The van der Waals surface area contributed by atoms with Crippen molar-refractivity contribution in [1.82, 2.24) is 4.90 Å². The van der Waals surface area contributed by atoms with Crippen LogP contribution in [-0.4, -0.2) is 41.4 Å². The minimum Gasteiger partial charge on any atom is -0.396 e. The monoisotopic (exact) mass is 269 g/mol. The fourth-order valence-electron chi connectivity index (χ4n) is 2.42. The van der Waals surface area contributed by atoms with Gasteiger partial charge in [-0.3, -0.25) is 0 Å². The standard InChI is InChI=1S/C14H20ClNO2/c15-13-3-1-12(2-4-13)14(18)6-8-16-7-5-11(9-16)10-17/h1-4,11,14,17-18H,5-10H2. The van der Waals surface area contributed by atoms with Crippen molar-refractivity contribution in [2.24, 2.45) is 5.92 Å². The summed E-state index contributed by atoms with van der Waals surface area (Å²) in [4.78, 5) is 2.31. The maximum absolute atomic E-state index is 10.1. The van der Waals surface area contributed by atoms with Crippen LogP contribution in [0.3, 0.4) is 0 Å². The summed E-state index contributed by atoms with van der Waals surface area (Å²) in [5, 5.41) is 19.8. The number of aliphatic hydroxyl groups is 2. The van der Waals surface area contributed by atoms with E-state index in [1.165, 1.54) is 0 Å².